The number of nitriles is 1. The zero-order valence-electron chi connectivity index (χ0n) is 11.9. The van der Waals surface area contributed by atoms with Crippen molar-refractivity contribution in [2.75, 3.05) is 26.7 Å². The van der Waals surface area contributed by atoms with Crippen LogP contribution in [0.4, 0.5) is 0 Å². The first kappa shape index (κ1) is 14.0. The van der Waals surface area contributed by atoms with Crippen LogP contribution in [0.25, 0.3) is 0 Å². The van der Waals surface area contributed by atoms with E-state index in [1.165, 1.54) is 19.5 Å². The summed E-state index contributed by atoms with van der Waals surface area (Å²) in [5.74, 6) is 0.794. The third kappa shape index (κ3) is 3.15. The van der Waals surface area contributed by atoms with Gasteiger partial charge in [0.15, 0.2) is 0 Å². The van der Waals surface area contributed by atoms with Crippen molar-refractivity contribution in [3.05, 3.63) is 35.9 Å². The van der Waals surface area contributed by atoms with E-state index in [1.54, 1.807) is 0 Å². The highest BCUT2D eigenvalue weighted by Gasteiger charge is 2.31. The number of likely N-dealkylation sites (tertiary alicyclic amines) is 1. The second-order valence-corrected chi connectivity index (χ2v) is 5.58. The zero-order chi connectivity index (χ0) is 13.7. The lowest BCUT2D eigenvalue weighted by atomic mass is 9.88. The first-order valence-corrected chi connectivity index (χ1v) is 7.08. The van der Waals surface area contributed by atoms with Crippen molar-refractivity contribution in [3.8, 4) is 6.07 Å². The first-order valence-electron chi connectivity index (χ1n) is 7.08. The van der Waals surface area contributed by atoms with Gasteiger partial charge in [0.05, 0.1) is 6.07 Å². The van der Waals surface area contributed by atoms with E-state index in [2.05, 4.69) is 23.2 Å². The lowest BCUT2D eigenvalue weighted by molar-refractivity contribution is 0.282. The molecule has 1 saturated heterocycles. The molecule has 0 spiro atoms. The van der Waals surface area contributed by atoms with E-state index >= 15 is 0 Å². The van der Waals surface area contributed by atoms with Gasteiger partial charge in [-0.25, -0.2) is 0 Å². The lowest BCUT2D eigenvalue weighted by Gasteiger charge is -2.29. The molecule has 1 N–H and O–H groups in total. The average Bonchev–Trinajstić information content (AvgIpc) is 2.88. The van der Waals surface area contributed by atoms with Gasteiger partial charge in [-0.15, -0.1) is 0 Å². The second kappa shape index (κ2) is 6.18. The van der Waals surface area contributed by atoms with E-state index in [4.69, 9.17) is 0 Å². The molecule has 19 heavy (non-hydrogen) atoms. The van der Waals surface area contributed by atoms with Crippen molar-refractivity contribution < 1.29 is 0 Å². The van der Waals surface area contributed by atoms with E-state index in [1.807, 2.05) is 37.4 Å². The Bertz CT molecular complexity index is 437. The summed E-state index contributed by atoms with van der Waals surface area (Å²) in [4.78, 5) is 2.47. The summed E-state index contributed by atoms with van der Waals surface area (Å²) in [5.41, 5.74) is 0.500. The Morgan fingerprint density at radius 2 is 2.16 bits per heavy atom. The van der Waals surface area contributed by atoms with Gasteiger partial charge in [0.25, 0.3) is 0 Å². The Kier molecular flexibility index (Phi) is 4.57. The molecular formula is C16H23N3. The fraction of sp³-hybridized carbons (Fsp3) is 0.562. The third-order valence-electron chi connectivity index (χ3n) is 4.20. The molecule has 3 nitrogen and oxygen atoms in total. The molecule has 2 unspecified atom stereocenters. The number of hydrogen-bond acceptors (Lipinski definition) is 3. The standard InChI is InChI=1S/C16H23N3/c1-14-8-10-19(12-14)11-9-16(13-17,18-2)15-6-4-3-5-7-15/h3-7,14,18H,8-12H2,1-2H3. The highest BCUT2D eigenvalue weighted by molar-refractivity contribution is 5.31. The number of nitrogens with zero attached hydrogens (tertiary/aromatic N) is 2. The molecule has 0 radical (unpaired) electrons. The van der Waals surface area contributed by atoms with E-state index in [0.717, 1.165) is 24.4 Å². The van der Waals surface area contributed by atoms with Gasteiger partial charge in [-0.1, -0.05) is 37.3 Å². The fourth-order valence-electron chi connectivity index (χ4n) is 2.87. The Balaban J connectivity index is 2.06. The summed E-state index contributed by atoms with van der Waals surface area (Å²) in [6.45, 7) is 5.61. The fourth-order valence-corrected chi connectivity index (χ4v) is 2.87. The Labute approximate surface area is 116 Å². The van der Waals surface area contributed by atoms with Crippen LogP contribution in [0.3, 0.4) is 0 Å². The Morgan fingerprint density at radius 1 is 1.42 bits per heavy atom. The van der Waals surface area contributed by atoms with E-state index in [0.29, 0.717) is 0 Å². The highest BCUT2D eigenvalue weighted by atomic mass is 15.1. The summed E-state index contributed by atoms with van der Waals surface area (Å²) < 4.78 is 0. The van der Waals surface area contributed by atoms with Crippen LogP contribution in [0.5, 0.6) is 0 Å². The van der Waals surface area contributed by atoms with Crippen LogP contribution in [-0.2, 0) is 5.54 Å². The summed E-state index contributed by atoms with van der Waals surface area (Å²) in [7, 11) is 1.88. The maximum atomic E-state index is 9.62. The number of benzene rings is 1. The highest BCUT2D eigenvalue weighted by Crippen LogP contribution is 2.25. The molecule has 1 aromatic carbocycles. The summed E-state index contributed by atoms with van der Waals surface area (Å²) >= 11 is 0. The predicted octanol–water partition coefficient (Wildman–Crippen LogP) is 2.36. The number of nitrogens with one attached hydrogen (secondary N) is 1. The molecule has 1 fully saturated rings. The molecule has 1 aromatic rings. The molecule has 102 valence electrons. The summed E-state index contributed by atoms with van der Waals surface area (Å²) in [6, 6.07) is 12.5. The maximum Gasteiger partial charge on any atom is 0.133 e. The largest absolute Gasteiger partial charge is 0.303 e. The van der Waals surface area contributed by atoms with Crippen molar-refractivity contribution in [3.63, 3.8) is 0 Å². The molecule has 0 aromatic heterocycles. The van der Waals surface area contributed by atoms with Crippen LogP contribution in [0.1, 0.15) is 25.3 Å². The Morgan fingerprint density at radius 3 is 2.68 bits per heavy atom. The molecule has 0 bridgehead atoms. The lowest BCUT2D eigenvalue weighted by Crippen LogP contribution is -2.41. The predicted molar refractivity (Wildman–Crippen MR) is 77.6 cm³/mol. The molecule has 2 atom stereocenters. The van der Waals surface area contributed by atoms with Crippen LogP contribution in [-0.4, -0.2) is 31.6 Å². The minimum absolute atomic E-state index is 0.562. The van der Waals surface area contributed by atoms with Crippen LogP contribution >= 0.6 is 0 Å². The van der Waals surface area contributed by atoms with Gasteiger partial charge in [0, 0.05) is 13.1 Å². The first-order chi connectivity index (χ1) is 9.20. The van der Waals surface area contributed by atoms with Crippen LogP contribution in [0.2, 0.25) is 0 Å². The van der Waals surface area contributed by atoms with E-state index in [9.17, 15) is 5.26 Å². The molecule has 1 heterocycles. The van der Waals surface area contributed by atoms with Crippen molar-refractivity contribution in [1.82, 2.24) is 10.2 Å². The van der Waals surface area contributed by atoms with Crippen LogP contribution in [0.15, 0.2) is 30.3 Å². The molecule has 0 saturated carbocycles. The van der Waals surface area contributed by atoms with Crippen LogP contribution < -0.4 is 5.32 Å². The Hall–Kier alpha value is -1.37. The van der Waals surface area contributed by atoms with E-state index in [-0.39, 0.29) is 0 Å². The van der Waals surface area contributed by atoms with Gasteiger partial charge in [0.1, 0.15) is 5.54 Å². The van der Waals surface area contributed by atoms with Gasteiger partial charge < -0.3 is 4.90 Å². The van der Waals surface area contributed by atoms with Gasteiger partial charge in [0.2, 0.25) is 0 Å². The van der Waals surface area contributed by atoms with E-state index < -0.39 is 5.54 Å². The van der Waals surface area contributed by atoms with Gasteiger partial charge >= 0.3 is 0 Å². The van der Waals surface area contributed by atoms with Gasteiger partial charge in [-0.3, -0.25) is 5.32 Å². The number of rotatable bonds is 5. The van der Waals surface area contributed by atoms with Crippen molar-refractivity contribution in [2.24, 2.45) is 5.92 Å². The second-order valence-electron chi connectivity index (χ2n) is 5.58. The molecule has 0 aliphatic carbocycles. The summed E-state index contributed by atoms with van der Waals surface area (Å²) in [6.07, 6.45) is 2.11. The topological polar surface area (TPSA) is 39.1 Å². The quantitative estimate of drug-likeness (QED) is 0.880. The third-order valence-corrected chi connectivity index (χ3v) is 4.20. The minimum Gasteiger partial charge on any atom is -0.303 e. The van der Waals surface area contributed by atoms with Crippen molar-refractivity contribution in [1.29, 1.82) is 5.26 Å². The average molecular weight is 257 g/mol. The molecule has 3 heteroatoms. The van der Waals surface area contributed by atoms with Gasteiger partial charge in [-0.05, 0) is 37.9 Å². The maximum absolute atomic E-state index is 9.62. The zero-order valence-corrected chi connectivity index (χ0v) is 11.9. The summed E-state index contributed by atoms with van der Waals surface area (Å²) in [5, 5.41) is 12.9. The molecule has 0 amide bonds. The van der Waals surface area contributed by atoms with Crippen molar-refractivity contribution in [2.45, 2.75) is 25.3 Å². The molecule has 1 aliphatic heterocycles. The SMILES string of the molecule is CNC(C#N)(CCN1CCC(C)C1)c1ccccc1. The van der Waals surface area contributed by atoms with Crippen LogP contribution in [0, 0.1) is 17.2 Å². The molecular weight excluding hydrogens is 234 g/mol. The molecule has 1 aliphatic rings. The monoisotopic (exact) mass is 257 g/mol. The minimum atomic E-state index is -0.562. The molecule has 2 rings (SSSR count). The number of hydrogen-bond donors (Lipinski definition) is 1. The smallest absolute Gasteiger partial charge is 0.133 e. The normalized spacial score (nSPS) is 22.9. The van der Waals surface area contributed by atoms with Gasteiger partial charge in [-0.2, -0.15) is 5.26 Å². The van der Waals surface area contributed by atoms with Crippen molar-refractivity contribution >= 4 is 0 Å².